The summed E-state index contributed by atoms with van der Waals surface area (Å²) in [4.78, 5) is 46.9. The Labute approximate surface area is 285 Å². The Hall–Kier alpha value is -2.82. The van der Waals surface area contributed by atoms with Gasteiger partial charge in [-0.15, -0.1) is 9.63 Å². The van der Waals surface area contributed by atoms with Gasteiger partial charge >= 0.3 is 19.8 Å². The van der Waals surface area contributed by atoms with Crippen LogP contribution in [0.3, 0.4) is 0 Å². The number of ether oxygens (including phenoxy) is 4. The maximum Gasteiger partial charge on any atom is 0.427 e. The number of carbonyl (C=O) groups is 2. The number of amides is 2. The molecule has 273 valence electrons. The first kappa shape index (κ1) is 41.3. The number of carbonyl (C=O) groups excluding carboxylic acids is 2. The lowest BCUT2D eigenvalue weighted by Crippen LogP contribution is -2.46. The standard InChI is InChI=1S/C30H53N5O11PSi/c1-15-41-47(38,42-16-2)19-40-17-20(28(3,4)5)24(46-48(13)14)45-34-18-31-21-22(34)32-25(33-23(21)39-12)35(26(36)43-29(6,7)8)27(37)44-30(9,10)11/h18,20,24H,15-17,19H2,1-14H3. The fraction of sp³-hybridized carbons (Fsp3) is 0.767. The van der Waals surface area contributed by atoms with Crippen molar-refractivity contribution in [3.8, 4) is 5.88 Å². The minimum atomic E-state index is -3.47. The molecule has 0 saturated heterocycles. The Kier molecular flexibility index (Phi) is 14.4. The van der Waals surface area contributed by atoms with Gasteiger partial charge in [0.2, 0.25) is 32.8 Å². The van der Waals surface area contributed by atoms with Gasteiger partial charge in [-0.25, -0.2) is 14.6 Å². The van der Waals surface area contributed by atoms with Gasteiger partial charge in [-0.2, -0.15) is 9.97 Å². The first-order valence-corrected chi connectivity index (χ1v) is 19.8. The zero-order valence-electron chi connectivity index (χ0n) is 30.7. The zero-order chi connectivity index (χ0) is 36.7. The van der Waals surface area contributed by atoms with E-state index in [1.54, 1.807) is 55.4 Å². The number of fused-ring (bicyclic) bond motifs is 1. The molecule has 18 heteroatoms. The Bertz CT molecular complexity index is 1380. The number of nitrogens with zero attached hydrogens (tertiary/aromatic N) is 5. The molecular weight excluding hydrogens is 665 g/mol. The number of hydrogen-bond donors (Lipinski definition) is 0. The fourth-order valence-corrected chi connectivity index (χ4v) is 6.08. The summed E-state index contributed by atoms with van der Waals surface area (Å²) >= 11 is 0. The predicted molar refractivity (Wildman–Crippen MR) is 180 cm³/mol. The van der Waals surface area contributed by atoms with Crippen LogP contribution >= 0.6 is 7.60 Å². The average molecular weight is 719 g/mol. The van der Waals surface area contributed by atoms with Crippen molar-refractivity contribution in [1.82, 2.24) is 19.7 Å². The summed E-state index contributed by atoms with van der Waals surface area (Å²) in [7, 11) is -3.46. The van der Waals surface area contributed by atoms with E-state index in [-0.39, 0.29) is 49.2 Å². The summed E-state index contributed by atoms with van der Waals surface area (Å²) in [6, 6.07) is 0. The van der Waals surface area contributed by atoms with Crippen LogP contribution in [0.1, 0.15) is 76.2 Å². The SMILES string of the molecule is CCOP(=O)(COCC(C(On1cnc2c(OC)nc(N(C(=O)OC(C)(C)C)C(=O)OC(C)(C)C)nc21)O[Si](C)C)C(C)(C)C)OCC. The number of imide groups is 1. The van der Waals surface area contributed by atoms with Gasteiger partial charge in [-0.1, -0.05) is 20.8 Å². The van der Waals surface area contributed by atoms with Crippen molar-refractivity contribution in [2.75, 3.05) is 38.2 Å². The van der Waals surface area contributed by atoms with Gasteiger partial charge in [0.1, 0.15) is 23.9 Å². The molecule has 48 heavy (non-hydrogen) atoms. The summed E-state index contributed by atoms with van der Waals surface area (Å²) in [6.07, 6.45) is -1.93. The minimum Gasteiger partial charge on any atom is -0.479 e. The van der Waals surface area contributed by atoms with E-state index in [1.807, 2.05) is 33.9 Å². The van der Waals surface area contributed by atoms with Gasteiger partial charge in [0.25, 0.3) is 0 Å². The first-order valence-electron chi connectivity index (χ1n) is 15.7. The van der Waals surface area contributed by atoms with Crippen LogP contribution in [0.25, 0.3) is 11.2 Å². The van der Waals surface area contributed by atoms with E-state index in [2.05, 4.69) is 15.0 Å². The molecule has 1 radical (unpaired) electrons. The van der Waals surface area contributed by atoms with E-state index in [9.17, 15) is 14.2 Å². The highest BCUT2D eigenvalue weighted by atomic mass is 31.2. The largest absolute Gasteiger partial charge is 0.479 e. The Morgan fingerprint density at radius 1 is 0.938 bits per heavy atom. The summed E-state index contributed by atoms with van der Waals surface area (Å²) in [5, 5.41) is 0. The number of anilines is 1. The highest BCUT2D eigenvalue weighted by molar-refractivity contribution is 7.53. The van der Waals surface area contributed by atoms with Gasteiger partial charge in [-0.3, -0.25) is 4.57 Å². The molecule has 0 aromatic carbocycles. The van der Waals surface area contributed by atoms with Crippen molar-refractivity contribution < 1.29 is 51.4 Å². The number of rotatable bonds is 15. The molecule has 0 fully saturated rings. The molecule has 0 saturated carbocycles. The summed E-state index contributed by atoms with van der Waals surface area (Å²) in [6.45, 7) is 23.8. The maximum atomic E-state index is 13.4. The van der Waals surface area contributed by atoms with Crippen molar-refractivity contribution in [3.05, 3.63) is 6.33 Å². The van der Waals surface area contributed by atoms with Crippen molar-refractivity contribution in [3.63, 3.8) is 0 Å². The van der Waals surface area contributed by atoms with Crippen LogP contribution in [0.15, 0.2) is 6.33 Å². The van der Waals surface area contributed by atoms with Gasteiger partial charge in [-0.05, 0) is 73.9 Å². The molecule has 2 aromatic rings. The van der Waals surface area contributed by atoms with Crippen molar-refractivity contribution in [2.24, 2.45) is 11.3 Å². The molecule has 2 aromatic heterocycles. The third-order valence-corrected chi connectivity index (χ3v) is 8.58. The topological polar surface area (TPSA) is 172 Å². The summed E-state index contributed by atoms with van der Waals surface area (Å²) in [5.41, 5.74) is -2.10. The Morgan fingerprint density at radius 2 is 1.48 bits per heavy atom. The Morgan fingerprint density at radius 3 is 1.92 bits per heavy atom. The molecule has 2 atom stereocenters. The van der Waals surface area contributed by atoms with E-state index >= 15 is 0 Å². The molecule has 2 rings (SSSR count). The van der Waals surface area contributed by atoms with Gasteiger partial charge in [0.15, 0.2) is 5.52 Å². The first-order chi connectivity index (χ1) is 22.0. The number of aromatic nitrogens is 4. The van der Waals surface area contributed by atoms with Gasteiger partial charge in [0.05, 0.1) is 32.8 Å². The molecule has 2 amide bonds. The summed E-state index contributed by atoms with van der Waals surface area (Å²) in [5.74, 6) is -0.851. The highest BCUT2D eigenvalue weighted by Gasteiger charge is 2.39. The third kappa shape index (κ3) is 12.3. The Balaban J connectivity index is 2.62. The monoisotopic (exact) mass is 718 g/mol. The van der Waals surface area contributed by atoms with Crippen LogP contribution < -0.4 is 14.5 Å². The number of imidazole rings is 1. The maximum absolute atomic E-state index is 13.4. The molecule has 0 N–H and O–H groups in total. The predicted octanol–water partition coefficient (Wildman–Crippen LogP) is 6.44. The molecule has 0 bridgehead atoms. The second-order valence-electron chi connectivity index (χ2n) is 14.0. The number of hydrogen-bond acceptors (Lipinski definition) is 14. The van der Waals surface area contributed by atoms with Crippen molar-refractivity contribution >= 4 is 45.9 Å². The third-order valence-electron chi connectivity index (χ3n) is 6.08. The minimum absolute atomic E-state index is 0.0408. The van der Waals surface area contributed by atoms with Crippen LogP contribution in [0.2, 0.25) is 13.1 Å². The number of methoxy groups -OCH3 is 1. The van der Waals surface area contributed by atoms with E-state index in [4.69, 9.17) is 37.3 Å². The molecule has 0 aliphatic carbocycles. The van der Waals surface area contributed by atoms with Crippen LogP contribution in [-0.4, -0.2) is 91.7 Å². The van der Waals surface area contributed by atoms with Gasteiger partial charge in [0, 0.05) is 0 Å². The quantitative estimate of drug-likeness (QED) is 0.112. The lowest BCUT2D eigenvalue weighted by atomic mass is 9.81. The lowest BCUT2D eigenvalue weighted by Gasteiger charge is -2.37. The van der Waals surface area contributed by atoms with Crippen LogP contribution in [0.5, 0.6) is 5.88 Å². The van der Waals surface area contributed by atoms with Crippen LogP contribution in [0, 0.1) is 11.3 Å². The van der Waals surface area contributed by atoms with E-state index in [0.29, 0.717) is 4.90 Å². The lowest BCUT2D eigenvalue weighted by molar-refractivity contribution is -0.157. The molecule has 0 aliphatic rings. The molecule has 0 spiro atoms. The highest BCUT2D eigenvalue weighted by Crippen LogP contribution is 2.48. The van der Waals surface area contributed by atoms with E-state index in [0.717, 1.165) is 0 Å². The molecular formula is C30H53N5O11PSi. The van der Waals surface area contributed by atoms with Gasteiger partial charge < -0.3 is 37.3 Å². The average Bonchev–Trinajstić information content (AvgIpc) is 3.30. The van der Waals surface area contributed by atoms with E-state index < -0.39 is 57.6 Å². The zero-order valence-corrected chi connectivity index (χ0v) is 32.6. The second kappa shape index (κ2) is 16.7. The molecule has 0 aliphatic heterocycles. The normalized spacial score (nSPS) is 14.1. The fourth-order valence-electron chi connectivity index (χ4n) is 4.07. The molecule has 2 unspecified atom stereocenters. The summed E-state index contributed by atoms with van der Waals surface area (Å²) < 4.78 is 53.8. The molecule has 16 nitrogen and oxygen atoms in total. The van der Waals surface area contributed by atoms with Crippen molar-refractivity contribution in [2.45, 2.75) is 107 Å². The molecule has 2 heterocycles. The van der Waals surface area contributed by atoms with Crippen LogP contribution in [-0.2, 0) is 32.2 Å². The van der Waals surface area contributed by atoms with Crippen LogP contribution in [0.4, 0.5) is 15.5 Å². The van der Waals surface area contributed by atoms with Crippen molar-refractivity contribution in [1.29, 1.82) is 0 Å². The smallest absolute Gasteiger partial charge is 0.427 e. The van der Waals surface area contributed by atoms with E-state index in [1.165, 1.54) is 18.2 Å². The second-order valence-corrected chi connectivity index (χ2v) is 18.0.